The van der Waals surface area contributed by atoms with Crippen LogP contribution in [-0.4, -0.2) is 54.1 Å². The van der Waals surface area contributed by atoms with Crippen LogP contribution in [0.4, 0.5) is 0 Å². The van der Waals surface area contributed by atoms with E-state index in [1.54, 1.807) is 29.6 Å². The molecule has 0 bridgehead atoms. The second kappa shape index (κ2) is 9.05. The van der Waals surface area contributed by atoms with Crippen molar-refractivity contribution in [1.29, 1.82) is 0 Å². The highest BCUT2D eigenvalue weighted by atomic mass is 16.5. The van der Waals surface area contributed by atoms with Gasteiger partial charge in [-0.1, -0.05) is 5.16 Å². The molecule has 4 aromatic rings. The van der Waals surface area contributed by atoms with Crippen LogP contribution in [0.2, 0.25) is 0 Å². The van der Waals surface area contributed by atoms with Crippen LogP contribution >= 0.6 is 0 Å². The molecule has 1 amide bonds. The topological polar surface area (TPSA) is 112 Å². The van der Waals surface area contributed by atoms with Crippen LogP contribution in [-0.2, 0) is 0 Å². The molecule has 1 fully saturated rings. The molecule has 34 heavy (non-hydrogen) atoms. The van der Waals surface area contributed by atoms with Crippen molar-refractivity contribution in [2.24, 2.45) is 0 Å². The van der Waals surface area contributed by atoms with Crippen molar-refractivity contribution in [3.05, 3.63) is 65.4 Å². The number of nitrogens with zero attached hydrogens (tertiary/aromatic N) is 7. The lowest BCUT2D eigenvalue weighted by atomic mass is 10.0. The summed E-state index contributed by atoms with van der Waals surface area (Å²) in [6.45, 7) is 6.95. The number of carbonyl (C=O) groups excluding carboxylic acids is 1. The van der Waals surface area contributed by atoms with Gasteiger partial charge in [-0.15, -0.1) is 0 Å². The summed E-state index contributed by atoms with van der Waals surface area (Å²) in [5.41, 5.74) is 3.92. The fourth-order valence-electron chi connectivity index (χ4n) is 4.19. The molecule has 10 heteroatoms. The first-order chi connectivity index (χ1) is 16.6. The van der Waals surface area contributed by atoms with Crippen LogP contribution in [0.3, 0.4) is 0 Å². The zero-order valence-corrected chi connectivity index (χ0v) is 19.3. The van der Waals surface area contributed by atoms with E-state index < -0.39 is 0 Å². The van der Waals surface area contributed by atoms with E-state index in [4.69, 9.17) is 9.26 Å². The molecular weight excluding hydrogens is 434 g/mol. The number of ether oxygens (including phenoxy) is 1. The first-order valence-corrected chi connectivity index (χ1v) is 11.3. The van der Waals surface area contributed by atoms with Gasteiger partial charge in [0.2, 0.25) is 17.6 Å². The SMILES string of the molecule is CCOc1ncccc1-c1noc(C2CCCN2C(=O)c2cc(C)c(C)cc2-n2nccn2)n1. The van der Waals surface area contributed by atoms with E-state index in [0.717, 1.165) is 24.0 Å². The number of aryl methyl sites for hydroxylation is 2. The summed E-state index contributed by atoms with van der Waals surface area (Å²) >= 11 is 0. The third kappa shape index (κ3) is 3.91. The molecule has 4 heterocycles. The van der Waals surface area contributed by atoms with Crippen molar-refractivity contribution < 1.29 is 14.1 Å². The van der Waals surface area contributed by atoms with Gasteiger partial charge in [0.25, 0.3) is 5.91 Å². The average molecular weight is 460 g/mol. The summed E-state index contributed by atoms with van der Waals surface area (Å²) in [5, 5.41) is 12.6. The third-order valence-corrected chi connectivity index (χ3v) is 6.01. The Bertz CT molecular complexity index is 1320. The Labute approximate surface area is 196 Å². The van der Waals surface area contributed by atoms with Gasteiger partial charge in [0, 0.05) is 12.7 Å². The second-order valence-corrected chi connectivity index (χ2v) is 8.17. The molecule has 174 valence electrons. The van der Waals surface area contributed by atoms with Gasteiger partial charge >= 0.3 is 0 Å². The first-order valence-electron chi connectivity index (χ1n) is 11.3. The third-order valence-electron chi connectivity index (χ3n) is 6.01. The van der Waals surface area contributed by atoms with E-state index in [1.165, 1.54) is 4.80 Å². The number of aromatic nitrogens is 6. The lowest BCUT2D eigenvalue weighted by molar-refractivity contribution is 0.0709. The number of hydrogen-bond donors (Lipinski definition) is 0. The number of likely N-dealkylation sites (tertiary alicyclic amines) is 1. The van der Waals surface area contributed by atoms with Crippen LogP contribution in [0.25, 0.3) is 17.1 Å². The minimum atomic E-state index is -0.319. The van der Waals surface area contributed by atoms with Crippen LogP contribution < -0.4 is 4.74 Å². The molecule has 0 saturated carbocycles. The molecule has 0 aliphatic carbocycles. The van der Waals surface area contributed by atoms with Gasteiger partial charge in [-0.2, -0.15) is 20.0 Å². The van der Waals surface area contributed by atoms with Gasteiger partial charge in [0.05, 0.1) is 35.8 Å². The van der Waals surface area contributed by atoms with Gasteiger partial charge in [-0.05, 0) is 69.0 Å². The molecule has 1 atom stereocenters. The van der Waals surface area contributed by atoms with E-state index in [2.05, 4.69) is 25.3 Å². The van der Waals surface area contributed by atoms with E-state index in [9.17, 15) is 4.79 Å². The standard InChI is InChI=1S/C24H25N7O3/c1-4-33-22-17(7-5-9-25-22)21-28-23(34-29-21)19-8-6-12-30(19)24(32)18-13-15(2)16(3)14-20(18)31-26-10-11-27-31/h5,7,9-11,13-14,19H,4,6,8,12H2,1-3H3. The largest absolute Gasteiger partial charge is 0.477 e. The number of pyridine rings is 1. The molecule has 3 aromatic heterocycles. The summed E-state index contributed by atoms with van der Waals surface area (Å²) < 4.78 is 11.2. The van der Waals surface area contributed by atoms with Crippen LogP contribution in [0.5, 0.6) is 5.88 Å². The van der Waals surface area contributed by atoms with Gasteiger partial charge in [-0.3, -0.25) is 4.79 Å². The minimum absolute atomic E-state index is 0.117. The van der Waals surface area contributed by atoms with E-state index in [-0.39, 0.29) is 11.9 Å². The smallest absolute Gasteiger partial charge is 0.256 e. The second-order valence-electron chi connectivity index (χ2n) is 8.17. The van der Waals surface area contributed by atoms with Crippen molar-refractivity contribution in [1.82, 2.24) is 35.0 Å². The molecule has 1 unspecified atom stereocenters. The molecule has 0 spiro atoms. The molecule has 0 N–H and O–H groups in total. The Balaban J connectivity index is 1.48. The van der Waals surface area contributed by atoms with Crippen molar-refractivity contribution in [2.45, 2.75) is 39.7 Å². The zero-order valence-electron chi connectivity index (χ0n) is 19.3. The summed E-state index contributed by atoms with van der Waals surface area (Å²) in [4.78, 5) is 25.9. The van der Waals surface area contributed by atoms with Crippen LogP contribution in [0, 0.1) is 13.8 Å². The zero-order chi connectivity index (χ0) is 23.7. The van der Waals surface area contributed by atoms with Gasteiger partial charge in [0.1, 0.15) is 6.04 Å². The van der Waals surface area contributed by atoms with Crippen molar-refractivity contribution >= 4 is 5.91 Å². The molecule has 1 aliphatic rings. The Morgan fingerprint density at radius 3 is 2.76 bits per heavy atom. The average Bonchev–Trinajstić information content (AvgIpc) is 3.61. The summed E-state index contributed by atoms with van der Waals surface area (Å²) in [5.74, 6) is 1.12. The highest BCUT2D eigenvalue weighted by Gasteiger charge is 2.36. The van der Waals surface area contributed by atoms with Gasteiger partial charge < -0.3 is 14.2 Å². The molecule has 1 saturated heterocycles. The molecule has 0 radical (unpaired) electrons. The van der Waals surface area contributed by atoms with E-state index in [0.29, 0.717) is 47.6 Å². The summed E-state index contributed by atoms with van der Waals surface area (Å²) in [6, 6.07) is 7.15. The highest BCUT2D eigenvalue weighted by molar-refractivity contribution is 5.98. The van der Waals surface area contributed by atoms with Crippen LogP contribution in [0.1, 0.15) is 53.2 Å². The monoisotopic (exact) mass is 459 g/mol. The fraction of sp³-hybridized carbons (Fsp3) is 0.333. The molecule has 1 aliphatic heterocycles. The lowest BCUT2D eigenvalue weighted by Crippen LogP contribution is -2.32. The predicted molar refractivity (Wildman–Crippen MR) is 123 cm³/mol. The maximum absolute atomic E-state index is 13.8. The fourth-order valence-corrected chi connectivity index (χ4v) is 4.19. The van der Waals surface area contributed by atoms with Gasteiger partial charge in [0.15, 0.2) is 0 Å². The Kier molecular flexibility index (Phi) is 5.79. The molecule has 5 rings (SSSR count). The lowest BCUT2D eigenvalue weighted by Gasteiger charge is -2.23. The van der Waals surface area contributed by atoms with E-state index >= 15 is 0 Å². The highest BCUT2D eigenvalue weighted by Crippen LogP contribution is 2.35. The van der Waals surface area contributed by atoms with Gasteiger partial charge in [-0.25, -0.2) is 4.98 Å². The summed E-state index contributed by atoms with van der Waals surface area (Å²) in [6.07, 6.45) is 6.42. The number of benzene rings is 1. The molecular formula is C24H25N7O3. The minimum Gasteiger partial charge on any atom is -0.477 e. The van der Waals surface area contributed by atoms with E-state index in [1.807, 2.05) is 39.0 Å². The number of carbonyl (C=O) groups is 1. The van der Waals surface area contributed by atoms with Crippen molar-refractivity contribution in [3.63, 3.8) is 0 Å². The Morgan fingerprint density at radius 1 is 1.18 bits per heavy atom. The molecule has 1 aromatic carbocycles. The maximum atomic E-state index is 13.8. The van der Waals surface area contributed by atoms with Crippen LogP contribution in [0.15, 0.2) is 47.4 Å². The van der Waals surface area contributed by atoms with Crippen molar-refractivity contribution in [3.8, 4) is 23.0 Å². The number of hydrogen-bond acceptors (Lipinski definition) is 8. The maximum Gasteiger partial charge on any atom is 0.256 e. The van der Waals surface area contributed by atoms with Crippen molar-refractivity contribution in [2.75, 3.05) is 13.2 Å². The quantitative estimate of drug-likeness (QED) is 0.429. The predicted octanol–water partition coefficient (Wildman–Crippen LogP) is 3.71. The Morgan fingerprint density at radius 2 is 1.97 bits per heavy atom. The Hall–Kier alpha value is -4.08. The number of rotatable bonds is 6. The normalized spacial score (nSPS) is 15.6. The summed E-state index contributed by atoms with van der Waals surface area (Å²) in [7, 11) is 0. The molecule has 10 nitrogen and oxygen atoms in total. The first kappa shape index (κ1) is 21.7. The number of amides is 1.